The highest BCUT2D eigenvalue weighted by molar-refractivity contribution is 9.11. The molecular formula is C102H116B3Br3Cl7N9O24. The number of halogens is 10. The number of phenols is 2. The molecule has 148 heavy (non-hydrogen) atoms. The summed E-state index contributed by atoms with van der Waals surface area (Å²) in [5.41, 5.74) is -0.404. The Morgan fingerprint density at radius 3 is 1.14 bits per heavy atom. The highest BCUT2D eigenvalue weighted by Gasteiger charge is 2.64. The van der Waals surface area contributed by atoms with E-state index < -0.39 is 31.9 Å². The van der Waals surface area contributed by atoms with E-state index in [1.807, 2.05) is 144 Å². The largest absolute Gasteiger partial charge is 0.508 e. The molecule has 10 aliphatic rings. The molecule has 6 heterocycles. The van der Waals surface area contributed by atoms with Crippen molar-refractivity contribution in [2.24, 2.45) is 0 Å². The third-order valence-corrected chi connectivity index (χ3v) is 28.2. The molecule has 0 bridgehead atoms. The van der Waals surface area contributed by atoms with Gasteiger partial charge in [0.25, 0.3) is 17.6 Å². The number of hydrogen-bond donors (Lipinski definition) is 5. The number of ether oxygens (including phenoxy) is 12. The Morgan fingerprint density at radius 2 is 0.750 bits per heavy atom. The lowest BCUT2D eigenvalue weighted by atomic mass is 9.49. The van der Waals surface area contributed by atoms with Crippen LogP contribution in [0.4, 0.5) is 0 Å². The van der Waals surface area contributed by atoms with Crippen LogP contribution < -0.4 is 52.8 Å². The van der Waals surface area contributed by atoms with Gasteiger partial charge in [-0.15, -0.1) is 5.10 Å². The van der Waals surface area contributed by atoms with Crippen molar-refractivity contribution in [3.8, 4) is 86.6 Å². The standard InChI is InChI=1S/C22H22ClN3O5.C15H20BClO3.C14H14ClN3O4.C12H24B2O4.C12H10ClN3O4.C9H8BrClO.C9H9ClO2.C6H4BrClO.C3H5Br/c1-3-29-22(27)20-21(26(25-24-20)13-14-4-6-15(28-2)7-5-14)31-17-10-11-18(23)19(12-17)30-16-8-9-16;1-14(2)15(3,4)20-16(19-14)10-5-8-12(17)13(9-10)18-11-6-7-11;1-2-20-14(19)12-13(17-18-16-12)22-9-5-6-10(15)11(7-9)21-8-3-4-8;1-9(2)10(3,4)16-13(15-9)14-17-11(5,6)12(7,8)18-14;13-8-4-3-7(5-9(8)19-6-1-2-6)20-11-10(12(17)18)14-16-15-11;10-6-1-4-8(11)9(5-6)12-7-2-3-7;10-8-4-1-6(11)5-9(8)12-7-2-3-7;7-4-1-2-5(8)6(9)3-4;4-3-1-2-3/h4-7,10-12,16H,3,8-9,13H2,1-2H3;5,8-9,11H,6-7H2,1-4H3;5-8H,2-4H2,1H3,(H,16,17,18);1-8H3;3-6H,1-2H2,(H,17,18)(H,14,15,16);1,4-5,7H,2-3H2;1,4-5,7,11H,2-3H2;1-3,9H;3H,1-2H2. The molecule has 3 aromatic heterocycles. The first-order valence-electron chi connectivity index (χ1n) is 48.1. The van der Waals surface area contributed by atoms with Gasteiger partial charge in [0.05, 0.1) is 132 Å². The predicted octanol–water partition coefficient (Wildman–Crippen LogP) is 26.0. The van der Waals surface area contributed by atoms with Crippen molar-refractivity contribution in [2.75, 3.05) is 20.3 Å². The lowest BCUT2D eigenvalue weighted by Gasteiger charge is -2.32. The van der Waals surface area contributed by atoms with Crippen molar-refractivity contribution in [2.45, 2.75) is 268 Å². The molecule has 0 atom stereocenters. The van der Waals surface area contributed by atoms with Gasteiger partial charge in [0.15, 0.2) is 0 Å². The van der Waals surface area contributed by atoms with Crippen molar-refractivity contribution in [1.82, 2.24) is 45.8 Å². The monoisotopic (exact) mass is 2370 g/mol. The van der Waals surface area contributed by atoms with Crippen molar-refractivity contribution in [1.29, 1.82) is 0 Å². The molecule has 7 aliphatic carbocycles. The van der Waals surface area contributed by atoms with Crippen LogP contribution >= 0.6 is 129 Å². The van der Waals surface area contributed by atoms with Crippen molar-refractivity contribution in [3.05, 3.63) is 218 Å². The first kappa shape index (κ1) is 116. The Labute approximate surface area is 920 Å². The lowest BCUT2D eigenvalue weighted by molar-refractivity contribution is 0.00578. The highest BCUT2D eigenvalue weighted by atomic mass is 79.9. The highest BCUT2D eigenvalue weighted by Crippen LogP contribution is 2.47. The minimum atomic E-state index is -1.20. The molecule has 0 unspecified atom stereocenters. The van der Waals surface area contributed by atoms with Gasteiger partial charge in [-0.25, -0.2) is 29.3 Å². The van der Waals surface area contributed by atoms with Crippen LogP contribution in [0.1, 0.15) is 224 Å². The first-order valence-corrected chi connectivity index (χ1v) is 53.3. The Balaban J connectivity index is 0.000000143. The van der Waals surface area contributed by atoms with E-state index in [2.05, 4.69) is 88.9 Å². The van der Waals surface area contributed by atoms with E-state index in [0.717, 1.165) is 119 Å². The van der Waals surface area contributed by atoms with Gasteiger partial charge in [-0.2, -0.15) is 0 Å². The summed E-state index contributed by atoms with van der Waals surface area (Å²) in [4.78, 5) is 35.9. The summed E-state index contributed by atoms with van der Waals surface area (Å²) in [6.45, 7) is 28.6. The molecule has 8 aromatic carbocycles. The van der Waals surface area contributed by atoms with Crippen LogP contribution in [0.5, 0.6) is 86.6 Å². The van der Waals surface area contributed by atoms with Gasteiger partial charge in [0.1, 0.15) is 69.0 Å². The number of benzene rings is 8. The Kier molecular flexibility index (Phi) is 40.2. The van der Waals surface area contributed by atoms with Gasteiger partial charge in [0, 0.05) is 38.0 Å². The Hall–Kier alpha value is -9.39. The molecule has 792 valence electrons. The number of methoxy groups -OCH3 is 1. The summed E-state index contributed by atoms with van der Waals surface area (Å²) in [6.07, 6.45) is 17.2. The number of aromatic carboxylic acids is 1. The minimum Gasteiger partial charge on any atom is -0.508 e. The molecule has 21 rings (SSSR count). The summed E-state index contributed by atoms with van der Waals surface area (Å²) >= 11 is 51.7. The number of carboxylic acids is 1. The summed E-state index contributed by atoms with van der Waals surface area (Å²) in [6, 6.07) is 43.4. The molecular weight excluding hydrogens is 2260 g/mol. The molecule has 3 aliphatic heterocycles. The molecule has 3 saturated heterocycles. The quantitative estimate of drug-likeness (QED) is 0.0173. The maximum absolute atomic E-state index is 12.4. The third-order valence-electron chi connectivity index (χ3n) is 24.1. The lowest BCUT2D eigenvalue weighted by Crippen LogP contribution is -2.41. The second-order valence-electron chi connectivity index (χ2n) is 38.5. The average molecular weight is 2370 g/mol. The van der Waals surface area contributed by atoms with Crippen LogP contribution in [0.25, 0.3) is 0 Å². The smallest absolute Gasteiger partial charge is 0.494 e. The molecule has 0 spiro atoms. The molecule has 10 fully saturated rings. The van der Waals surface area contributed by atoms with Crippen molar-refractivity contribution in [3.63, 3.8) is 0 Å². The molecule has 0 radical (unpaired) electrons. The number of nitrogens with one attached hydrogen (secondary N) is 2. The Bertz CT molecular complexity index is 6210. The van der Waals surface area contributed by atoms with Gasteiger partial charge < -0.3 is 100 Å². The maximum atomic E-state index is 12.4. The zero-order valence-electron chi connectivity index (χ0n) is 84.1. The van der Waals surface area contributed by atoms with Crippen LogP contribution in [-0.2, 0) is 43.9 Å². The number of aromatic hydroxyl groups is 2. The van der Waals surface area contributed by atoms with E-state index in [4.69, 9.17) is 181 Å². The van der Waals surface area contributed by atoms with E-state index in [1.165, 1.54) is 17.5 Å². The summed E-state index contributed by atoms with van der Waals surface area (Å²) in [5, 5.41) is 57.8. The molecule has 11 aromatic rings. The van der Waals surface area contributed by atoms with E-state index in [-0.39, 0.29) is 118 Å². The fraction of sp³-hybridized carbons (Fsp3) is 0.441. The van der Waals surface area contributed by atoms with Gasteiger partial charge in [0.2, 0.25) is 17.1 Å². The zero-order chi connectivity index (χ0) is 107. The van der Waals surface area contributed by atoms with Crippen LogP contribution in [0.15, 0.2) is 161 Å². The third kappa shape index (κ3) is 34.3. The number of aromatic nitrogens is 9. The zero-order valence-corrected chi connectivity index (χ0v) is 94.1. The summed E-state index contributed by atoms with van der Waals surface area (Å²) < 4.78 is 105. The topological polar surface area (TPSA) is 392 Å². The maximum Gasteiger partial charge on any atom is 0.494 e. The van der Waals surface area contributed by atoms with E-state index in [9.17, 15) is 14.4 Å². The van der Waals surface area contributed by atoms with Gasteiger partial charge >= 0.3 is 39.0 Å². The van der Waals surface area contributed by atoms with E-state index >= 15 is 0 Å². The minimum absolute atomic E-state index is 0.00465. The summed E-state index contributed by atoms with van der Waals surface area (Å²) in [5.74, 6) is 3.70. The van der Waals surface area contributed by atoms with Gasteiger partial charge in [-0.1, -0.05) is 173 Å². The fourth-order valence-corrected chi connectivity index (χ4v) is 14.7. The van der Waals surface area contributed by atoms with Crippen LogP contribution in [0.3, 0.4) is 0 Å². The van der Waals surface area contributed by atoms with Crippen molar-refractivity contribution < 1.29 is 114 Å². The number of carbonyl (C=O) groups excluding carboxylic acids is 2. The number of phenolic OH excluding ortho intramolecular Hbond substituents is 2. The number of rotatable bonds is 28. The number of carboxylic acid groups (broad SMARTS) is 1. The van der Waals surface area contributed by atoms with Gasteiger partial charge in [-0.05, 0) is 307 Å². The second kappa shape index (κ2) is 51.4. The van der Waals surface area contributed by atoms with Gasteiger partial charge in [-0.3, -0.25) is 0 Å². The fourth-order valence-electron chi connectivity index (χ4n) is 12.7. The number of aromatic amines is 2. The molecule has 7 saturated carbocycles. The first-order chi connectivity index (χ1) is 70.1. The SMILES string of the molecule is BrC1CC1.CC1(C)OB(B2OC(C)(C)C(C)(C)O2)OC1(C)C.CC1(C)OB(c2ccc(Cl)c(OC3CC3)c2)OC1(C)C.CCOC(=O)c1[nH]nnc1Oc1ccc(Cl)c(OC2CC2)c1.CCOC(=O)c1nnn(Cc2ccc(OC)cc2)c1Oc1ccc(Cl)c(OC2CC2)c1.Clc1ccc(Br)cc1OC1CC1.O=C(O)c1[nH]nnc1Oc1ccc(Cl)c(OC2CC2)c1.Oc1cc(Br)ccc1Cl.Oc1ccc(Cl)c(OC2CC2)c1. The number of H-pyrrole nitrogens is 2. The summed E-state index contributed by atoms with van der Waals surface area (Å²) in [7, 11) is 0.281. The number of esters is 2. The molecule has 46 heteroatoms. The Morgan fingerprint density at radius 1 is 0.412 bits per heavy atom. The van der Waals surface area contributed by atoms with E-state index in [1.54, 1.807) is 112 Å². The normalized spacial score (nSPS) is 17.7. The molecule has 33 nitrogen and oxygen atoms in total. The number of carbonyl (C=O) groups is 3. The number of nitrogens with zero attached hydrogens (tertiary/aromatic N) is 7. The van der Waals surface area contributed by atoms with Crippen molar-refractivity contribution >= 4 is 174 Å². The molecule has 0 amide bonds. The molecule has 5 N–H and O–H groups in total. The average Bonchev–Trinajstić information content (AvgIpc) is 1.59. The number of hydrogen-bond acceptors (Lipinski definition) is 29. The van der Waals surface area contributed by atoms with Crippen LogP contribution in [0, 0.1) is 0 Å². The second-order valence-corrected chi connectivity index (χ2v) is 44.4. The number of alkyl halides is 1. The van der Waals surface area contributed by atoms with E-state index in [0.29, 0.717) is 100 Å². The van der Waals surface area contributed by atoms with Crippen LogP contribution in [0.2, 0.25) is 35.2 Å². The predicted molar refractivity (Wildman–Crippen MR) is 575 cm³/mol. The van der Waals surface area contributed by atoms with Crippen LogP contribution in [-0.4, -0.2) is 196 Å².